The summed E-state index contributed by atoms with van der Waals surface area (Å²) >= 11 is 0. The van der Waals surface area contributed by atoms with Crippen molar-refractivity contribution in [2.75, 3.05) is 13.2 Å². The molecule has 1 fully saturated rings. The van der Waals surface area contributed by atoms with Crippen molar-refractivity contribution in [3.8, 4) is 0 Å². The topological polar surface area (TPSA) is 63.6 Å². The minimum absolute atomic E-state index is 0.00160. The van der Waals surface area contributed by atoms with Gasteiger partial charge in [0.2, 0.25) is 0 Å². The molecule has 2 aliphatic carbocycles. The van der Waals surface area contributed by atoms with Gasteiger partial charge in [-0.1, -0.05) is 19.6 Å². The van der Waals surface area contributed by atoms with Gasteiger partial charge in [-0.05, 0) is 42.6 Å². The SMILES string of the molecule is C=CCOC(=O)C1=C2CCC(C)C[C@@H]2[C@@H](CO)CC1=O. The summed E-state index contributed by atoms with van der Waals surface area (Å²) in [5.74, 6) is -0.0415. The van der Waals surface area contributed by atoms with Crippen molar-refractivity contribution in [1.29, 1.82) is 0 Å². The first-order chi connectivity index (χ1) is 9.58. The zero-order chi connectivity index (χ0) is 14.7. The first kappa shape index (κ1) is 15.0. The van der Waals surface area contributed by atoms with Crippen LogP contribution < -0.4 is 0 Å². The van der Waals surface area contributed by atoms with E-state index in [1.54, 1.807) is 0 Å². The van der Waals surface area contributed by atoms with E-state index < -0.39 is 5.97 Å². The highest BCUT2D eigenvalue weighted by Crippen LogP contribution is 2.44. The molecule has 4 nitrogen and oxygen atoms in total. The Balaban J connectivity index is 2.32. The number of carbonyl (C=O) groups excluding carboxylic acids is 2. The molecular weight excluding hydrogens is 256 g/mol. The fraction of sp³-hybridized carbons (Fsp3) is 0.625. The number of esters is 1. The van der Waals surface area contributed by atoms with Crippen molar-refractivity contribution < 1.29 is 19.4 Å². The Hall–Kier alpha value is -1.42. The number of carbonyl (C=O) groups is 2. The molecule has 2 aliphatic rings. The molecule has 0 radical (unpaired) electrons. The molecule has 2 rings (SSSR count). The normalized spacial score (nSPS) is 29.9. The van der Waals surface area contributed by atoms with Crippen molar-refractivity contribution in [2.24, 2.45) is 17.8 Å². The Bertz CT molecular complexity index is 449. The summed E-state index contributed by atoms with van der Waals surface area (Å²) in [6.07, 6.45) is 4.41. The molecule has 1 saturated carbocycles. The molecule has 0 aromatic carbocycles. The molecule has 0 spiro atoms. The minimum Gasteiger partial charge on any atom is -0.458 e. The van der Waals surface area contributed by atoms with Gasteiger partial charge >= 0.3 is 5.97 Å². The second-order valence-corrected chi connectivity index (χ2v) is 5.84. The average Bonchev–Trinajstić information content (AvgIpc) is 2.44. The number of allylic oxidation sites excluding steroid dienone is 1. The van der Waals surface area contributed by atoms with Gasteiger partial charge in [0.25, 0.3) is 0 Å². The van der Waals surface area contributed by atoms with Gasteiger partial charge in [-0.3, -0.25) is 4.79 Å². The molecular formula is C16H22O4. The van der Waals surface area contributed by atoms with Crippen LogP contribution >= 0.6 is 0 Å². The molecule has 3 atom stereocenters. The van der Waals surface area contributed by atoms with Crippen molar-refractivity contribution >= 4 is 11.8 Å². The molecule has 4 heteroatoms. The quantitative estimate of drug-likeness (QED) is 0.485. The first-order valence-corrected chi connectivity index (χ1v) is 7.23. The van der Waals surface area contributed by atoms with Crippen LogP contribution in [0.3, 0.4) is 0 Å². The lowest BCUT2D eigenvalue weighted by molar-refractivity contribution is -0.140. The second-order valence-electron chi connectivity index (χ2n) is 5.84. The maximum Gasteiger partial charge on any atom is 0.342 e. The molecule has 0 heterocycles. The first-order valence-electron chi connectivity index (χ1n) is 7.23. The van der Waals surface area contributed by atoms with Gasteiger partial charge in [-0.15, -0.1) is 0 Å². The van der Waals surface area contributed by atoms with Gasteiger partial charge < -0.3 is 9.84 Å². The molecule has 0 bridgehead atoms. The number of rotatable bonds is 4. The van der Waals surface area contributed by atoms with Crippen molar-refractivity contribution in [2.45, 2.75) is 32.6 Å². The maximum atomic E-state index is 12.2. The Morgan fingerprint density at radius 2 is 2.30 bits per heavy atom. The van der Waals surface area contributed by atoms with Gasteiger partial charge in [-0.2, -0.15) is 0 Å². The predicted molar refractivity (Wildman–Crippen MR) is 74.9 cm³/mol. The summed E-state index contributed by atoms with van der Waals surface area (Å²) in [4.78, 5) is 24.3. The van der Waals surface area contributed by atoms with Crippen LogP contribution in [0.4, 0.5) is 0 Å². The number of aliphatic hydroxyl groups excluding tert-OH is 1. The summed E-state index contributed by atoms with van der Waals surface area (Å²) in [7, 11) is 0. The van der Waals surface area contributed by atoms with Gasteiger partial charge in [0, 0.05) is 13.0 Å². The van der Waals surface area contributed by atoms with E-state index >= 15 is 0 Å². The molecule has 110 valence electrons. The second kappa shape index (κ2) is 6.35. The third-order valence-electron chi connectivity index (χ3n) is 4.40. The lowest BCUT2D eigenvalue weighted by atomic mass is 9.66. The van der Waals surface area contributed by atoms with E-state index in [1.807, 2.05) is 0 Å². The maximum absolute atomic E-state index is 12.2. The van der Waals surface area contributed by atoms with Crippen LogP contribution in [0.2, 0.25) is 0 Å². The minimum atomic E-state index is -0.527. The number of fused-ring (bicyclic) bond motifs is 1. The number of aliphatic hydroxyl groups is 1. The van der Waals surface area contributed by atoms with Gasteiger partial charge in [0.1, 0.15) is 12.2 Å². The molecule has 0 saturated heterocycles. The number of hydrogen-bond donors (Lipinski definition) is 1. The van der Waals surface area contributed by atoms with E-state index in [0.717, 1.165) is 24.8 Å². The Morgan fingerprint density at radius 3 is 2.95 bits per heavy atom. The molecule has 1 unspecified atom stereocenters. The van der Waals surface area contributed by atoms with Gasteiger partial charge in [0.05, 0.1) is 0 Å². The zero-order valence-electron chi connectivity index (χ0n) is 11.9. The predicted octanol–water partition coefficient (Wildman–Crippen LogP) is 2.03. The molecule has 20 heavy (non-hydrogen) atoms. The average molecular weight is 278 g/mol. The highest BCUT2D eigenvalue weighted by Gasteiger charge is 2.41. The van der Waals surface area contributed by atoms with Crippen LogP contribution in [0.1, 0.15) is 32.6 Å². The molecule has 0 aromatic rings. The summed E-state index contributed by atoms with van der Waals surface area (Å²) < 4.78 is 5.05. The summed E-state index contributed by atoms with van der Waals surface area (Å²) in [5, 5.41) is 9.50. The van der Waals surface area contributed by atoms with Crippen LogP contribution in [0.15, 0.2) is 23.8 Å². The fourth-order valence-electron chi connectivity index (χ4n) is 3.37. The Morgan fingerprint density at radius 1 is 1.55 bits per heavy atom. The van der Waals surface area contributed by atoms with Crippen LogP contribution in [0.5, 0.6) is 0 Å². The number of hydrogen-bond acceptors (Lipinski definition) is 4. The number of Topliss-reactive ketones (excluding diaryl/α,β-unsaturated/α-hetero) is 1. The van der Waals surface area contributed by atoms with E-state index in [2.05, 4.69) is 13.5 Å². The summed E-state index contributed by atoms with van der Waals surface area (Å²) in [5.41, 5.74) is 1.15. The highest BCUT2D eigenvalue weighted by atomic mass is 16.5. The van der Waals surface area contributed by atoms with Crippen LogP contribution in [-0.4, -0.2) is 30.1 Å². The third kappa shape index (κ3) is 2.85. The van der Waals surface area contributed by atoms with Gasteiger partial charge in [0.15, 0.2) is 5.78 Å². The molecule has 0 aromatic heterocycles. The van der Waals surface area contributed by atoms with Gasteiger partial charge in [-0.25, -0.2) is 4.79 Å². The van der Waals surface area contributed by atoms with Crippen LogP contribution in [0.25, 0.3) is 0 Å². The molecule has 0 amide bonds. The Labute approximate surface area is 119 Å². The van der Waals surface area contributed by atoms with E-state index in [-0.39, 0.29) is 42.8 Å². The van der Waals surface area contributed by atoms with E-state index in [0.29, 0.717) is 5.92 Å². The fourth-order valence-corrected chi connectivity index (χ4v) is 3.37. The van der Waals surface area contributed by atoms with Crippen molar-refractivity contribution in [3.63, 3.8) is 0 Å². The molecule has 1 N–H and O–H groups in total. The zero-order valence-corrected chi connectivity index (χ0v) is 11.9. The lowest BCUT2D eigenvalue weighted by Crippen LogP contribution is -2.36. The van der Waals surface area contributed by atoms with E-state index in [4.69, 9.17) is 4.74 Å². The standard InChI is InChI=1S/C16H22O4/c1-3-6-20-16(19)15-12-5-4-10(2)7-13(12)11(9-17)8-14(15)18/h3,10-11,13,17H,1,4-9H2,2H3/t10?,11-,13-/m1/s1. The monoisotopic (exact) mass is 278 g/mol. The number of ketones is 1. The summed E-state index contributed by atoms with van der Waals surface area (Å²) in [6.45, 7) is 5.80. The smallest absolute Gasteiger partial charge is 0.342 e. The number of ether oxygens (including phenoxy) is 1. The highest BCUT2D eigenvalue weighted by molar-refractivity contribution is 6.18. The summed E-state index contributed by atoms with van der Waals surface area (Å²) in [6, 6.07) is 0. The van der Waals surface area contributed by atoms with E-state index in [9.17, 15) is 14.7 Å². The molecule has 0 aliphatic heterocycles. The van der Waals surface area contributed by atoms with Crippen LogP contribution in [-0.2, 0) is 14.3 Å². The Kier molecular flexibility index (Phi) is 4.76. The third-order valence-corrected chi connectivity index (χ3v) is 4.40. The van der Waals surface area contributed by atoms with Crippen LogP contribution in [0, 0.1) is 17.8 Å². The largest absolute Gasteiger partial charge is 0.458 e. The van der Waals surface area contributed by atoms with E-state index in [1.165, 1.54) is 6.08 Å². The van der Waals surface area contributed by atoms with Crippen molar-refractivity contribution in [3.05, 3.63) is 23.8 Å². The van der Waals surface area contributed by atoms with Crippen molar-refractivity contribution in [1.82, 2.24) is 0 Å². The lowest BCUT2D eigenvalue weighted by Gasteiger charge is -2.38.